The lowest BCUT2D eigenvalue weighted by Crippen LogP contribution is -2.44. The fourth-order valence-corrected chi connectivity index (χ4v) is 6.06. The first kappa shape index (κ1) is 24.2. The van der Waals surface area contributed by atoms with Crippen molar-refractivity contribution >= 4 is 27.6 Å². The first-order valence-corrected chi connectivity index (χ1v) is 14.1. The van der Waals surface area contributed by atoms with Gasteiger partial charge in [0.15, 0.2) is 5.82 Å². The van der Waals surface area contributed by atoms with Crippen molar-refractivity contribution in [1.82, 2.24) is 40.3 Å². The SMILES string of the molecule is CN1CCN(c2cncc3[nH]c(-c4n[nH]c5ccc(-c6cncc(CNCC7CCCC7)c6)cc45)nc23)CC1. The Labute approximate surface area is 228 Å². The molecule has 0 amide bonds. The van der Waals surface area contributed by atoms with E-state index in [2.05, 4.69) is 71.6 Å². The summed E-state index contributed by atoms with van der Waals surface area (Å²) >= 11 is 0. The molecule has 5 aromatic rings. The molecule has 0 atom stereocenters. The van der Waals surface area contributed by atoms with Crippen molar-refractivity contribution in [3.63, 3.8) is 0 Å². The molecular weight excluding hydrogens is 486 g/mol. The quantitative estimate of drug-likeness (QED) is 0.288. The summed E-state index contributed by atoms with van der Waals surface area (Å²) in [6.45, 7) is 5.95. The molecule has 5 heterocycles. The second kappa shape index (κ2) is 10.4. The first-order chi connectivity index (χ1) is 19.2. The number of hydrogen-bond donors (Lipinski definition) is 3. The number of pyridine rings is 2. The number of likely N-dealkylation sites (N-methyl/N-ethyl adjacent to an activating group) is 1. The van der Waals surface area contributed by atoms with E-state index in [0.717, 1.165) is 95.5 Å². The molecule has 39 heavy (non-hydrogen) atoms. The minimum atomic E-state index is 0.750. The van der Waals surface area contributed by atoms with Gasteiger partial charge in [0.25, 0.3) is 0 Å². The number of rotatable bonds is 7. The molecule has 0 bridgehead atoms. The van der Waals surface area contributed by atoms with Gasteiger partial charge in [-0.15, -0.1) is 0 Å². The Morgan fingerprint density at radius 1 is 0.923 bits per heavy atom. The molecule has 0 unspecified atom stereocenters. The summed E-state index contributed by atoms with van der Waals surface area (Å²) < 4.78 is 0. The van der Waals surface area contributed by atoms with Crippen molar-refractivity contribution < 1.29 is 0 Å². The maximum Gasteiger partial charge on any atom is 0.159 e. The van der Waals surface area contributed by atoms with Crippen molar-refractivity contribution in [1.29, 1.82) is 0 Å². The molecule has 7 rings (SSSR count). The van der Waals surface area contributed by atoms with Crippen LogP contribution in [0.4, 0.5) is 5.69 Å². The van der Waals surface area contributed by atoms with Crippen LogP contribution in [-0.4, -0.2) is 74.8 Å². The summed E-state index contributed by atoms with van der Waals surface area (Å²) in [5, 5.41) is 12.5. The van der Waals surface area contributed by atoms with E-state index in [1.807, 2.05) is 24.8 Å². The van der Waals surface area contributed by atoms with E-state index >= 15 is 0 Å². The maximum absolute atomic E-state index is 5.03. The average Bonchev–Trinajstić information content (AvgIpc) is 3.73. The van der Waals surface area contributed by atoms with Gasteiger partial charge in [0, 0.05) is 56.1 Å². The second-order valence-electron chi connectivity index (χ2n) is 11.1. The number of fused-ring (bicyclic) bond motifs is 2. The van der Waals surface area contributed by atoms with Crippen LogP contribution in [0.25, 0.3) is 44.6 Å². The fraction of sp³-hybridized carbons (Fsp3) is 0.400. The van der Waals surface area contributed by atoms with Crippen molar-refractivity contribution in [3.8, 4) is 22.6 Å². The number of aromatic nitrogens is 6. The minimum absolute atomic E-state index is 0.750. The lowest BCUT2D eigenvalue weighted by atomic mass is 10.0. The van der Waals surface area contributed by atoms with Crippen LogP contribution in [0.5, 0.6) is 0 Å². The molecule has 200 valence electrons. The van der Waals surface area contributed by atoms with Gasteiger partial charge in [-0.2, -0.15) is 5.10 Å². The van der Waals surface area contributed by atoms with E-state index in [0.29, 0.717) is 0 Å². The number of H-pyrrole nitrogens is 2. The zero-order valence-corrected chi connectivity index (χ0v) is 22.5. The molecule has 2 aliphatic rings. The third kappa shape index (κ3) is 4.88. The smallest absolute Gasteiger partial charge is 0.159 e. The van der Waals surface area contributed by atoms with Crippen LogP contribution in [0, 0.1) is 5.92 Å². The number of imidazole rings is 1. The van der Waals surface area contributed by atoms with Crippen LogP contribution in [0.1, 0.15) is 31.2 Å². The molecule has 9 nitrogen and oxygen atoms in total. The lowest BCUT2D eigenvalue weighted by molar-refractivity contribution is 0.313. The molecule has 0 spiro atoms. The Morgan fingerprint density at radius 2 is 1.77 bits per heavy atom. The third-order valence-electron chi connectivity index (χ3n) is 8.37. The number of nitrogens with one attached hydrogen (secondary N) is 3. The highest BCUT2D eigenvalue weighted by Crippen LogP contribution is 2.32. The monoisotopic (exact) mass is 521 g/mol. The van der Waals surface area contributed by atoms with E-state index < -0.39 is 0 Å². The highest BCUT2D eigenvalue weighted by atomic mass is 15.3. The Balaban J connectivity index is 1.17. The number of piperazine rings is 1. The summed E-state index contributed by atoms with van der Waals surface area (Å²) in [6, 6.07) is 8.65. The van der Waals surface area contributed by atoms with Gasteiger partial charge < -0.3 is 20.1 Å². The van der Waals surface area contributed by atoms with Crippen molar-refractivity contribution in [2.75, 3.05) is 44.7 Å². The Morgan fingerprint density at radius 3 is 2.64 bits per heavy atom. The molecule has 3 N–H and O–H groups in total. The van der Waals surface area contributed by atoms with Crippen LogP contribution in [0.15, 0.2) is 49.1 Å². The molecule has 4 aromatic heterocycles. The van der Waals surface area contributed by atoms with Gasteiger partial charge >= 0.3 is 0 Å². The molecule has 0 radical (unpaired) electrons. The highest BCUT2D eigenvalue weighted by Gasteiger charge is 2.20. The summed E-state index contributed by atoms with van der Waals surface area (Å²) in [5.41, 5.74) is 8.17. The Kier molecular flexibility index (Phi) is 6.46. The standard InChI is InChI=1S/C30H35N9/c1-38-8-10-39(11-9-38)27-19-33-18-26-29(27)35-30(34-26)28-24-13-22(6-7-25(24)36-37-28)23-12-21(16-32-17-23)15-31-14-20-4-2-3-5-20/h6-7,12-13,16-20,31H,2-5,8-11,14-15H2,1H3,(H,34,35)(H,36,37). The highest BCUT2D eigenvalue weighted by molar-refractivity contribution is 5.97. The van der Waals surface area contributed by atoms with E-state index in [4.69, 9.17) is 4.98 Å². The molecular formula is C30H35N9. The predicted octanol–water partition coefficient (Wildman–Crippen LogP) is 4.59. The van der Waals surface area contributed by atoms with Crippen LogP contribution in [-0.2, 0) is 6.54 Å². The lowest BCUT2D eigenvalue weighted by Gasteiger charge is -2.33. The average molecular weight is 522 g/mol. The molecule has 2 fully saturated rings. The van der Waals surface area contributed by atoms with Gasteiger partial charge in [-0.1, -0.05) is 18.9 Å². The fourth-order valence-electron chi connectivity index (χ4n) is 6.06. The minimum Gasteiger partial charge on any atom is -0.366 e. The largest absolute Gasteiger partial charge is 0.366 e. The molecule has 1 aromatic carbocycles. The first-order valence-electron chi connectivity index (χ1n) is 14.1. The van der Waals surface area contributed by atoms with Gasteiger partial charge in [-0.3, -0.25) is 15.1 Å². The van der Waals surface area contributed by atoms with Crippen molar-refractivity contribution in [2.24, 2.45) is 5.92 Å². The van der Waals surface area contributed by atoms with Crippen LogP contribution >= 0.6 is 0 Å². The summed E-state index contributed by atoms with van der Waals surface area (Å²) in [7, 11) is 2.17. The second-order valence-corrected chi connectivity index (χ2v) is 11.1. The molecule has 9 heteroatoms. The van der Waals surface area contributed by atoms with Gasteiger partial charge in [-0.25, -0.2) is 4.98 Å². The zero-order valence-electron chi connectivity index (χ0n) is 22.5. The van der Waals surface area contributed by atoms with E-state index in [1.54, 1.807) is 0 Å². The number of anilines is 1. The van der Waals surface area contributed by atoms with E-state index in [-0.39, 0.29) is 0 Å². The molecule has 1 saturated carbocycles. The van der Waals surface area contributed by atoms with E-state index in [1.165, 1.54) is 31.2 Å². The zero-order chi connectivity index (χ0) is 26.2. The topological polar surface area (TPSA) is 102 Å². The van der Waals surface area contributed by atoms with Gasteiger partial charge in [-0.05, 0) is 61.7 Å². The van der Waals surface area contributed by atoms with Crippen molar-refractivity contribution in [3.05, 3.63) is 54.6 Å². The number of aromatic amines is 2. The van der Waals surface area contributed by atoms with Gasteiger partial charge in [0.1, 0.15) is 11.2 Å². The maximum atomic E-state index is 5.03. The number of nitrogens with zero attached hydrogens (tertiary/aromatic N) is 6. The molecule has 1 aliphatic carbocycles. The Bertz CT molecular complexity index is 1590. The Hall–Kier alpha value is -3.82. The predicted molar refractivity (Wildman–Crippen MR) is 156 cm³/mol. The van der Waals surface area contributed by atoms with Gasteiger partial charge in [0.05, 0.1) is 29.1 Å². The third-order valence-corrected chi connectivity index (χ3v) is 8.37. The number of hydrogen-bond acceptors (Lipinski definition) is 7. The number of benzene rings is 1. The van der Waals surface area contributed by atoms with Crippen LogP contribution in [0.3, 0.4) is 0 Å². The van der Waals surface area contributed by atoms with Crippen LogP contribution < -0.4 is 10.2 Å². The van der Waals surface area contributed by atoms with E-state index in [9.17, 15) is 0 Å². The van der Waals surface area contributed by atoms with Crippen molar-refractivity contribution in [2.45, 2.75) is 32.2 Å². The summed E-state index contributed by atoms with van der Waals surface area (Å²) in [5.74, 6) is 1.58. The van der Waals surface area contributed by atoms with Crippen LogP contribution in [0.2, 0.25) is 0 Å². The summed E-state index contributed by atoms with van der Waals surface area (Å²) in [6.07, 6.45) is 13.2. The normalized spacial score (nSPS) is 17.1. The molecule has 1 aliphatic heterocycles. The van der Waals surface area contributed by atoms with Gasteiger partial charge in [0.2, 0.25) is 0 Å². The molecule has 1 saturated heterocycles. The summed E-state index contributed by atoms with van der Waals surface area (Å²) in [4.78, 5) is 22.3.